The third-order valence-corrected chi connectivity index (χ3v) is 2.29. The molecule has 0 atom stereocenters. The number of anilines is 1. The van der Waals surface area contributed by atoms with Gasteiger partial charge in [-0.15, -0.1) is 0 Å². The zero-order valence-corrected chi connectivity index (χ0v) is 9.35. The number of carboxylic acids is 2. The Labute approximate surface area is 99.1 Å². The topological polar surface area (TPSA) is 86.6 Å². The predicted molar refractivity (Wildman–Crippen MR) is 63.4 cm³/mol. The van der Waals surface area contributed by atoms with Crippen LogP contribution in [0.3, 0.4) is 0 Å². The highest BCUT2D eigenvalue weighted by Gasteiger charge is 2.07. The van der Waals surface area contributed by atoms with Gasteiger partial charge in [0, 0.05) is 18.7 Å². The molecule has 0 aliphatic rings. The lowest BCUT2D eigenvalue weighted by atomic mass is 10.1. The van der Waals surface area contributed by atoms with Gasteiger partial charge < -0.3 is 15.5 Å². The average molecular weight is 237 g/mol. The molecule has 0 spiro atoms. The summed E-state index contributed by atoms with van der Waals surface area (Å²) in [4.78, 5) is 21.2. The second-order valence-corrected chi connectivity index (χ2v) is 3.63. The molecule has 1 aromatic carbocycles. The van der Waals surface area contributed by atoms with Crippen molar-refractivity contribution in [2.75, 3.05) is 11.9 Å². The van der Waals surface area contributed by atoms with Gasteiger partial charge in [0.15, 0.2) is 0 Å². The highest BCUT2D eigenvalue weighted by Crippen LogP contribution is 2.14. The van der Waals surface area contributed by atoms with Crippen molar-refractivity contribution in [1.82, 2.24) is 0 Å². The van der Waals surface area contributed by atoms with Crippen molar-refractivity contribution < 1.29 is 19.8 Å². The zero-order chi connectivity index (χ0) is 12.7. The summed E-state index contributed by atoms with van der Waals surface area (Å²) in [6.07, 6.45) is 1.42. The van der Waals surface area contributed by atoms with Crippen LogP contribution in [-0.2, 0) is 4.79 Å². The third-order valence-electron chi connectivity index (χ3n) is 2.29. The molecule has 1 aromatic rings. The van der Waals surface area contributed by atoms with E-state index in [1.54, 1.807) is 18.2 Å². The maximum Gasteiger partial charge on any atom is 0.337 e. The van der Waals surface area contributed by atoms with E-state index in [-0.39, 0.29) is 12.0 Å². The maximum absolute atomic E-state index is 10.9. The van der Waals surface area contributed by atoms with Crippen molar-refractivity contribution in [2.24, 2.45) is 0 Å². The number of rotatable bonds is 7. The molecule has 1 rings (SSSR count). The standard InChI is InChI=1S/C12H15NO4/c14-11(15)7-3-4-8-13-10-6-2-1-5-9(10)12(16)17/h1-2,5-6,13H,3-4,7-8H2,(H,14,15)(H,16,17). The lowest BCUT2D eigenvalue weighted by molar-refractivity contribution is -0.137. The first-order chi connectivity index (χ1) is 8.11. The van der Waals surface area contributed by atoms with Gasteiger partial charge in [0.2, 0.25) is 0 Å². The number of unbranched alkanes of at least 4 members (excludes halogenated alkanes) is 1. The smallest absolute Gasteiger partial charge is 0.337 e. The molecule has 5 heteroatoms. The van der Waals surface area contributed by atoms with E-state index >= 15 is 0 Å². The number of carboxylic acid groups (broad SMARTS) is 2. The third kappa shape index (κ3) is 4.55. The summed E-state index contributed by atoms with van der Waals surface area (Å²) >= 11 is 0. The van der Waals surface area contributed by atoms with Gasteiger partial charge in [-0.05, 0) is 25.0 Å². The lowest BCUT2D eigenvalue weighted by Gasteiger charge is -2.08. The van der Waals surface area contributed by atoms with Crippen LogP contribution in [0.4, 0.5) is 5.69 Å². The summed E-state index contributed by atoms with van der Waals surface area (Å²) in [7, 11) is 0. The minimum absolute atomic E-state index is 0.141. The molecule has 92 valence electrons. The molecule has 17 heavy (non-hydrogen) atoms. The quantitative estimate of drug-likeness (QED) is 0.632. The largest absolute Gasteiger partial charge is 0.481 e. The van der Waals surface area contributed by atoms with Crippen LogP contribution in [0.25, 0.3) is 0 Å². The molecule has 0 aliphatic carbocycles. The van der Waals surface area contributed by atoms with Crippen LogP contribution in [0.2, 0.25) is 0 Å². The fourth-order valence-electron chi connectivity index (χ4n) is 1.45. The van der Waals surface area contributed by atoms with E-state index in [0.29, 0.717) is 25.1 Å². The molecule has 0 saturated carbocycles. The summed E-state index contributed by atoms with van der Waals surface area (Å²) in [6, 6.07) is 6.65. The predicted octanol–water partition coefficient (Wildman–Crippen LogP) is 2.05. The molecular formula is C12H15NO4. The Hall–Kier alpha value is -2.04. The first-order valence-corrected chi connectivity index (χ1v) is 5.39. The number of benzene rings is 1. The van der Waals surface area contributed by atoms with Gasteiger partial charge in [0.05, 0.1) is 5.56 Å². The van der Waals surface area contributed by atoms with Gasteiger partial charge in [-0.3, -0.25) is 4.79 Å². The molecule has 0 aromatic heterocycles. The van der Waals surface area contributed by atoms with Crippen molar-refractivity contribution in [3.63, 3.8) is 0 Å². The molecule has 0 bridgehead atoms. The number of carbonyl (C=O) groups is 2. The Morgan fingerprint density at radius 2 is 1.82 bits per heavy atom. The van der Waals surface area contributed by atoms with Crippen LogP contribution >= 0.6 is 0 Å². The summed E-state index contributed by atoms with van der Waals surface area (Å²) in [5, 5.41) is 20.4. The van der Waals surface area contributed by atoms with Crippen molar-refractivity contribution in [2.45, 2.75) is 19.3 Å². The van der Waals surface area contributed by atoms with Crippen LogP contribution in [0.15, 0.2) is 24.3 Å². The molecule has 0 heterocycles. The van der Waals surface area contributed by atoms with E-state index in [1.807, 2.05) is 0 Å². The molecule has 0 fully saturated rings. The highest BCUT2D eigenvalue weighted by atomic mass is 16.4. The monoisotopic (exact) mass is 237 g/mol. The van der Waals surface area contributed by atoms with E-state index < -0.39 is 11.9 Å². The van der Waals surface area contributed by atoms with E-state index in [2.05, 4.69) is 5.32 Å². The molecule has 0 saturated heterocycles. The lowest BCUT2D eigenvalue weighted by Crippen LogP contribution is -2.08. The Morgan fingerprint density at radius 3 is 2.47 bits per heavy atom. The number of hydrogen-bond donors (Lipinski definition) is 3. The summed E-state index contributed by atoms with van der Waals surface area (Å²) in [5.74, 6) is -1.78. The number of aromatic carboxylic acids is 1. The van der Waals surface area contributed by atoms with Crippen LogP contribution < -0.4 is 5.32 Å². The van der Waals surface area contributed by atoms with Crippen LogP contribution in [0.5, 0.6) is 0 Å². The van der Waals surface area contributed by atoms with Crippen molar-refractivity contribution in [1.29, 1.82) is 0 Å². The first-order valence-electron chi connectivity index (χ1n) is 5.39. The average Bonchev–Trinajstić information content (AvgIpc) is 2.28. The molecule has 0 amide bonds. The van der Waals surface area contributed by atoms with Gasteiger partial charge in [-0.25, -0.2) is 4.79 Å². The van der Waals surface area contributed by atoms with E-state index in [0.717, 1.165) is 0 Å². The van der Waals surface area contributed by atoms with E-state index in [9.17, 15) is 9.59 Å². The Kier molecular flexibility index (Phi) is 5.00. The zero-order valence-electron chi connectivity index (χ0n) is 9.35. The van der Waals surface area contributed by atoms with Gasteiger partial charge in [-0.2, -0.15) is 0 Å². The molecule has 0 unspecified atom stereocenters. The molecule has 0 radical (unpaired) electrons. The van der Waals surface area contributed by atoms with E-state index in [4.69, 9.17) is 10.2 Å². The number of aliphatic carboxylic acids is 1. The normalized spacial score (nSPS) is 9.88. The van der Waals surface area contributed by atoms with Crippen molar-refractivity contribution >= 4 is 17.6 Å². The van der Waals surface area contributed by atoms with Gasteiger partial charge in [0.25, 0.3) is 0 Å². The minimum atomic E-state index is -0.973. The Balaban J connectivity index is 2.41. The second kappa shape index (κ2) is 6.52. The molecule has 3 N–H and O–H groups in total. The number of para-hydroxylation sites is 1. The van der Waals surface area contributed by atoms with Crippen LogP contribution in [0.1, 0.15) is 29.6 Å². The Morgan fingerprint density at radius 1 is 1.12 bits per heavy atom. The fraction of sp³-hybridized carbons (Fsp3) is 0.333. The number of nitrogens with one attached hydrogen (secondary N) is 1. The highest BCUT2D eigenvalue weighted by molar-refractivity contribution is 5.94. The molecule has 0 aliphatic heterocycles. The molecule has 5 nitrogen and oxygen atoms in total. The van der Waals surface area contributed by atoms with Crippen molar-refractivity contribution in [3.05, 3.63) is 29.8 Å². The minimum Gasteiger partial charge on any atom is -0.481 e. The summed E-state index contributed by atoms with van der Waals surface area (Å²) < 4.78 is 0. The molecular weight excluding hydrogens is 222 g/mol. The van der Waals surface area contributed by atoms with Gasteiger partial charge in [-0.1, -0.05) is 12.1 Å². The van der Waals surface area contributed by atoms with Crippen LogP contribution in [-0.4, -0.2) is 28.7 Å². The van der Waals surface area contributed by atoms with Gasteiger partial charge in [0.1, 0.15) is 0 Å². The summed E-state index contributed by atoms with van der Waals surface area (Å²) in [6.45, 7) is 0.567. The van der Waals surface area contributed by atoms with Crippen LogP contribution in [0, 0.1) is 0 Å². The number of hydrogen-bond acceptors (Lipinski definition) is 3. The SMILES string of the molecule is O=C(O)CCCCNc1ccccc1C(=O)O. The summed E-state index contributed by atoms with van der Waals surface area (Å²) in [5.41, 5.74) is 0.793. The second-order valence-electron chi connectivity index (χ2n) is 3.63. The van der Waals surface area contributed by atoms with Crippen molar-refractivity contribution in [3.8, 4) is 0 Å². The maximum atomic E-state index is 10.9. The first kappa shape index (κ1) is 13.0. The van der Waals surface area contributed by atoms with E-state index in [1.165, 1.54) is 6.07 Å². The fourth-order valence-corrected chi connectivity index (χ4v) is 1.45. The van der Waals surface area contributed by atoms with Gasteiger partial charge >= 0.3 is 11.9 Å². The Bertz CT molecular complexity index is 403.